The Kier molecular flexibility index (Phi) is 28.1. The molecule has 0 atom stereocenters. The fourth-order valence-corrected chi connectivity index (χ4v) is 11.2. The van der Waals surface area contributed by atoms with Gasteiger partial charge in [-0.25, -0.2) is 36.0 Å². The first-order valence-corrected chi connectivity index (χ1v) is 34.7. The molecule has 0 saturated carbocycles. The third-order valence-corrected chi connectivity index (χ3v) is 16.5. The molecule has 0 spiro atoms. The molecule has 10 rings (SSSR count). The molecule has 0 aliphatic heterocycles. The van der Waals surface area contributed by atoms with Crippen molar-refractivity contribution in [3.63, 3.8) is 0 Å². The van der Waals surface area contributed by atoms with E-state index in [-0.39, 0.29) is 109 Å². The van der Waals surface area contributed by atoms with Gasteiger partial charge in [0.15, 0.2) is 0 Å². The van der Waals surface area contributed by atoms with Gasteiger partial charge in [-0.3, -0.25) is 38.2 Å². The third kappa shape index (κ3) is 23.9. The maximum Gasteiger partial charge on any atom is 0.337 e. The van der Waals surface area contributed by atoms with Crippen molar-refractivity contribution in [2.24, 2.45) is 0 Å². The fraction of sp³-hybridized carbons (Fsp3) is 0.0789. The molecule has 0 aliphatic carbocycles. The Balaban J connectivity index is 0.000000196. The van der Waals surface area contributed by atoms with Gasteiger partial charge in [-0.2, -0.15) is 0 Å². The smallest absolute Gasteiger partial charge is 0.337 e. The average Bonchev–Trinajstić information content (AvgIpc) is 0.720. The van der Waals surface area contributed by atoms with Gasteiger partial charge in [0.05, 0.1) is 95.5 Å². The number of hydrogen-bond acceptors (Lipinski definition) is 15. The number of carbonyl (C=O) groups excluding carboxylic acids is 5. The summed E-state index contributed by atoms with van der Waals surface area (Å²) in [6.07, 6.45) is 1.04. The zero-order valence-corrected chi connectivity index (χ0v) is 57.4. The molecule has 0 saturated heterocycles. The van der Waals surface area contributed by atoms with Crippen LogP contribution in [0.15, 0.2) is 254 Å². The van der Waals surface area contributed by atoms with Crippen molar-refractivity contribution in [1.82, 2.24) is 0 Å². The van der Waals surface area contributed by atoms with Crippen molar-refractivity contribution >= 4 is 125 Å². The number of anilines is 8. The van der Waals surface area contributed by atoms with E-state index in [4.69, 9.17) is 10.2 Å². The summed E-state index contributed by atoms with van der Waals surface area (Å²) in [5.74, 6) is -8.23. The van der Waals surface area contributed by atoms with Gasteiger partial charge in [-0.05, 0) is 128 Å². The van der Waals surface area contributed by atoms with Gasteiger partial charge in [-0.15, -0.1) is 0 Å². The molecule has 0 unspecified atom stereocenters. The molecule has 0 aromatic heterocycles. The summed E-state index contributed by atoms with van der Waals surface area (Å²) < 4.78 is 52.7. The summed E-state index contributed by atoms with van der Waals surface area (Å²) in [6.45, 7) is 2.43. The predicted molar refractivity (Wildman–Crippen MR) is 396 cm³/mol. The van der Waals surface area contributed by atoms with E-state index in [9.17, 15) is 80.1 Å². The Labute approximate surface area is 601 Å². The van der Waals surface area contributed by atoms with E-state index in [1.54, 1.807) is 109 Å². The van der Waals surface area contributed by atoms with Gasteiger partial charge in [-0.1, -0.05) is 145 Å². The normalized spacial score (nSPS) is 10.5. The van der Waals surface area contributed by atoms with Crippen molar-refractivity contribution in [2.45, 2.75) is 37.6 Å². The Bertz CT molecular complexity index is 5100. The van der Waals surface area contributed by atoms with E-state index in [0.29, 0.717) is 17.8 Å². The van der Waals surface area contributed by atoms with E-state index in [1.165, 1.54) is 97.1 Å². The summed E-state index contributed by atoms with van der Waals surface area (Å²) in [4.78, 5) is 118. The Morgan fingerprint density at radius 3 is 0.943 bits per heavy atom. The quantitative estimate of drug-likeness (QED) is 0.0253. The van der Waals surface area contributed by atoms with Gasteiger partial charge < -0.3 is 57.4 Å². The van der Waals surface area contributed by atoms with Crippen LogP contribution < -0.4 is 41.3 Å². The lowest BCUT2D eigenvalue weighted by Crippen LogP contribution is -2.19. The highest BCUT2D eigenvalue weighted by atomic mass is 32.2. The number of rotatable bonds is 25. The number of carboxylic acid groups (broad SMARTS) is 5. The van der Waals surface area contributed by atoms with Gasteiger partial charge in [0, 0.05) is 25.1 Å². The van der Waals surface area contributed by atoms with Gasteiger partial charge in [0.25, 0.3) is 33.7 Å². The highest BCUT2D eigenvalue weighted by Gasteiger charge is 2.23. The Morgan fingerprint density at radius 1 is 0.314 bits per heavy atom. The van der Waals surface area contributed by atoms with Gasteiger partial charge in [0.1, 0.15) is 0 Å². The number of sulfonamides is 2. The second kappa shape index (κ2) is 37.6. The topological polar surface area (TPSA) is 436 Å². The first-order valence-electron chi connectivity index (χ1n) is 31.4. The van der Waals surface area contributed by atoms with Crippen LogP contribution in [0.3, 0.4) is 0 Å². The number of para-hydroxylation sites is 8. The molecule has 10 aromatic rings. The van der Waals surface area contributed by atoms with Crippen molar-refractivity contribution in [3.8, 4) is 0 Å². The van der Waals surface area contributed by atoms with Crippen molar-refractivity contribution in [1.29, 1.82) is 0 Å². The molecule has 0 bridgehead atoms. The number of carboxylic acids is 5. The van der Waals surface area contributed by atoms with E-state index in [2.05, 4.69) is 41.3 Å². The van der Waals surface area contributed by atoms with Gasteiger partial charge in [0.2, 0.25) is 15.9 Å². The minimum atomic E-state index is -3.90. The predicted octanol–water partition coefficient (Wildman–Crippen LogP) is 12.8. The lowest BCUT2D eigenvalue weighted by molar-refractivity contribution is -0.137. The summed E-state index contributed by atoms with van der Waals surface area (Å²) in [5.41, 5.74) is 4.39. The van der Waals surface area contributed by atoms with Crippen molar-refractivity contribution in [3.05, 3.63) is 304 Å². The molecule has 13 N–H and O–H groups in total. The maximum absolute atomic E-state index is 12.7. The molecule has 0 fully saturated rings. The Hall–Kier alpha value is -13.8. The van der Waals surface area contributed by atoms with Crippen molar-refractivity contribution < 1.29 is 90.3 Å². The summed E-state index contributed by atoms with van der Waals surface area (Å²) in [7, 11) is -7.46. The van der Waals surface area contributed by atoms with Crippen LogP contribution in [-0.2, 0) is 36.2 Å². The fourth-order valence-electron chi connectivity index (χ4n) is 9.57. The second-order valence-corrected chi connectivity index (χ2v) is 25.8. The van der Waals surface area contributed by atoms with Crippen LogP contribution in [0.25, 0.3) is 0 Å². The van der Waals surface area contributed by atoms with Crippen LogP contribution in [0.4, 0.5) is 45.5 Å². The minimum Gasteiger partial charge on any atom is -0.481 e. The first-order chi connectivity index (χ1) is 50.1. The monoisotopic (exact) mass is 1460 g/mol. The average molecular weight is 1460 g/mol. The molecule has 538 valence electrons. The van der Waals surface area contributed by atoms with Gasteiger partial charge >= 0.3 is 29.8 Å². The number of carbonyl (C=O) groups is 10. The first kappa shape index (κ1) is 78.5. The molecule has 0 heterocycles. The van der Waals surface area contributed by atoms with Crippen molar-refractivity contribution in [2.75, 3.05) is 47.6 Å². The zero-order valence-electron chi connectivity index (χ0n) is 55.8. The standard InChI is InChI=1S/C21H18N2O5S.C21H18N2O3.C19H18N2O6.C15H14N2O5S/c1-14-10-12-15(13-11-14)29(27,28)23-19-9-5-2-6-16(19)20(24)22-18-8-4-3-7-17(18)21(25)26;24-20(23-19-13-7-5-11-17(19)21(25)26)16-10-4-6-12-18(16)22-14-15-8-2-1-3-9-15;22-16(10-5-11-17(23)24)20-14-8-3-1-6-12(14)18(25)21-15-9-4-2-7-13(15)19(26)27;1-23(21,22)17-13-9-5-2-6-10(13)14(18)16-12-8-4-3-7-11(12)15(19)20/h2-13,23H,1H3,(H,22,24)(H,25,26);1-13,22H,14H2,(H,23,24)(H,25,26);1-4,6-9H,5,10-11H2,(H,20,22)(H,21,25)(H,23,24)(H,26,27);2-9,17H,1H3,(H,16,18)(H,19,20). The lowest BCUT2D eigenvalue weighted by Gasteiger charge is -2.14. The number of aliphatic carboxylic acids is 1. The summed E-state index contributed by atoms with van der Waals surface area (Å²) in [5, 5.41) is 61.5. The summed E-state index contributed by atoms with van der Waals surface area (Å²) in [6, 6.07) is 65.9. The van der Waals surface area contributed by atoms with E-state index >= 15 is 0 Å². The third-order valence-electron chi connectivity index (χ3n) is 14.6. The van der Waals surface area contributed by atoms with E-state index in [1.807, 2.05) is 49.4 Å². The van der Waals surface area contributed by atoms with Crippen LogP contribution in [0.2, 0.25) is 0 Å². The number of aryl methyl sites for hydroxylation is 1. The van der Waals surface area contributed by atoms with Crippen LogP contribution in [0.5, 0.6) is 0 Å². The lowest BCUT2D eigenvalue weighted by atomic mass is 10.1. The number of aromatic carboxylic acids is 4. The summed E-state index contributed by atoms with van der Waals surface area (Å²) >= 11 is 0. The van der Waals surface area contributed by atoms with Crippen LogP contribution >= 0.6 is 0 Å². The molecule has 29 heteroatoms. The zero-order chi connectivity index (χ0) is 76.2. The van der Waals surface area contributed by atoms with E-state index < -0.39 is 73.5 Å². The number of amides is 5. The number of hydrogen-bond donors (Lipinski definition) is 13. The number of benzene rings is 10. The molecule has 10 aromatic carbocycles. The molecular formula is C76H68N8O19S2. The maximum atomic E-state index is 12.7. The molecule has 27 nitrogen and oxygen atoms in total. The molecular weight excluding hydrogens is 1390 g/mol. The van der Waals surface area contributed by atoms with Crippen LogP contribution in [0.1, 0.15) is 113 Å². The molecule has 105 heavy (non-hydrogen) atoms. The molecule has 0 radical (unpaired) electrons. The SMILES string of the molecule is CS(=O)(=O)Nc1ccccc1C(=O)Nc1ccccc1C(=O)O.Cc1ccc(S(=O)(=O)Nc2ccccc2C(=O)Nc2ccccc2C(=O)O)cc1.O=C(O)CCCC(=O)Nc1ccccc1C(=O)Nc1ccccc1C(=O)O.O=C(O)c1ccccc1NC(=O)c1ccccc1NCc1ccccc1. The number of nitrogens with one attached hydrogen (secondary N) is 8. The van der Waals surface area contributed by atoms with Crippen LogP contribution in [-0.4, -0.2) is 108 Å². The van der Waals surface area contributed by atoms with Crippen LogP contribution in [0, 0.1) is 6.92 Å². The highest BCUT2D eigenvalue weighted by molar-refractivity contribution is 7.92. The molecule has 0 aliphatic rings. The Morgan fingerprint density at radius 2 is 0.600 bits per heavy atom. The second-order valence-electron chi connectivity index (χ2n) is 22.3. The largest absolute Gasteiger partial charge is 0.481 e. The van der Waals surface area contributed by atoms with E-state index in [0.717, 1.165) is 17.4 Å². The highest BCUT2D eigenvalue weighted by Crippen LogP contribution is 2.27. The minimum absolute atomic E-state index is 0.00407. The molecule has 5 amide bonds.